The van der Waals surface area contributed by atoms with E-state index in [2.05, 4.69) is 5.32 Å². The number of ether oxygens (including phenoxy) is 1. The summed E-state index contributed by atoms with van der Waals surface area (Å²) in [6.07, 6.45) is 3.84. The van der Waals surface area contributed by atoms with Crippen molar-refractivity contribution in [3.63, 3.8) is 0 Å². The largest absolute Gasteiger partial charge is 0.497 e. The molecule has 1 aromatic heterocycles. The van der Waals surface area contributed by atoms with Gasteiger partial charge in [-0.2, -0.15) is 0 Å². The zero-order valence-electron chi connectivity index (χ0n) is 17.7. The highest BCUT2D eigenvalue weighted by atomic mass is 16.5. The van der Waals surface area contributed by atoms with Gasteiger partial charge in [-0.3, -0.25) is 4.79 Å². The summed E-state index contributed by atoms with van der Waals surface area (Å²) in [5, 5.41) is 4.31. The van der Waals surface area contributed by atoms with E-state index in [4.69, 9.17) is 9.15 Å². The zero-order chi connectivity index (χ0) is 21.9. The standard InChI is InChI=1S/C28H23NO3/c1-31-22-13-11-19(12-14-22)17-29-18-25-23(20-7-3-2-4-8-20)16-24(28(25)30)27-15-21-9-5-6-10-26(21)32-27/h2-16,18,24,29H,17H2,1H3. The predicted molar refractivity (Wildman–Crippen MR) is 126 cm³/mol. The molecular formula is C28H23NO3. The predicted octanol–water partition coefficient (Wildman–Crippen LogP) is 5.87. The third kappa shape index (κ3) is 3.83. The van der Waals surface area contributed by atoms with E-state index in [1.165, 1.54) is 0 Å². The van der Waals surface area contributed by atoms with Crippen LogP contribution in [0.15, 0.2) is 107 Å². The van der Waals surface area contributed by atoms with Crippen molar-refractivity contribution in [2.45, 2.75) is 12.5 Å². The minimum atomic E-state index is -0.438. The van der Waals surface area contributed by atoms with Crippen LogP contribution in [0.3, 0.4) is 0 Å². The fraction of sp³-hybridized carbons (Fsp3) is 0.107. The van der Waals surface area contributed by atoms with E-state index in [9.17, 15) is 4.79 Å². The van der Waals surface area contributed by atoms with Crippen LogP contribution in [0.1, 0.15) is 22.8 Å². The highest BCUT2D eigenvalue weighted by Gasteiger charge is 2.34. The summed E-state index contributed by atoms with van der Waals surface area (Å²) in [7, 11) is 1.65. The molecule has 0 spiro atoms. The molecule has 0 saturated carbocycles. The Morgan fingerprint density at radius 2 is 1.72 bits per heavy atom. The Labute approximate surface area is 186 Å². The van der Waals surface area contributed by atoms with Gasteiger partial charge >= 0.3 is 0 Å². The molecule has 1 atom stereocenters. The number of ketones is 1. The Bertz CT molecular complexity index is 1280. The van der Waals surface area contributed by atoms with Crippen LogP contribution in [0.2, 0.25) is 0 Å². The van der Waals surface area contributed by atoms with Crippen molar-refractivity contribution in [3.05, 3.63) is 120 Å². The Balaban J connectivity index is 1.45. The molecule has 4 heteroatoms. The van der Waals surface area contributed by atoms with Crippen molar-refractivity contribution in [2.24, 2.45) is 0 Å². The number of hydrogen-bond acceptors (Lipinski definition) is 4. The first kappa shape index (κ1) is 19.9. The molecule has 0 aliphatic heterocycles. The molecule has 0 fully saturated rings. The first-order chi connectivity index (χ1) is 15.7. The SMILES string of the molecule is COc1ccc(CNC=C2C(=O)C(c3cc4ccccc4o3)C=C2c2ccccc2)cc1. The number of allylic oxidation sites excluding steroid dienone is 3. The molecule has 1 aliphatic rings. The second kappa shape index (κ2) is 8.60. The summed E-state index contributed by atoms with van der Waals surface area (Å²) in [5.74, 6) is 1.08. The van der Waals surface area contributed by atoms with Crippen LogP contribution >= 0.6 is 0 Å². The normalized spacial score (nSPS) is 17.0. The average molecular weight is 421 g/mol. The Morgan fingerprint density at radius 3 is 2.47 bits per heavy atom. The molecule has 4 aromatic rings. The second-order valence-corrected chi connectivity index (χ2v) is 7.76. The van der Waals surface area contributed by atoms with Gasteiger partial charge in [-0.1, -0.05) is 66.7 Å². The van der Waals surface area contributed by atoms with E-state index >= 15 is 0 Å². The summed E-state index contributed by atoms with van der Waals surface area (Å²) >= 11 is 0. The van der Waals surface area contributed by atoms with E-state index in [0.717, 1.165) is 33.4 Å². The van der Waals surface area contributed by atoms with Crippen molar-refractivity contribution < 1.29 is 13.9 Å². The first-order valence-corrected chi connectivity index (χ1v) is 10.6. The quantitative estimate of drug-likeness (QED) is 0.396. The summed E-state index contributed by atoms with van der Waals surface area (Å²) < 4.78 is 11.2. The summed E-state index contributed by atoms with van der Waals surface area (Å²) in [4.78, 5) is 13.5. The Kier molecular flexibility index (Phi) is 5.34. The van der Waals surface area contributed by atoms with Crippen molar-refractivity contribution in [3.8, 4) is 5.75 Å². The topological polar surface area (TPSA) is 51.5 Å². The van der Waals surface area contributed by atoms with E-state index in [1.54, 1.807) is 7.11 Å². The average Bonchev–Trinajstić information content (AvgIpc) is 3.41. The molecule has 1 aliphatic carbocycles. The number of rotatable bonds is 6. The number of methoxy groups -OCH3 is 1. The van der Waals surface area contributed by atoms with Gasteiger partial charge in [0.15, 0.2) is 5.78 Å². The lowest BCUT2D eigenvalue weighted by Gasteiger charge is -2.08. The smallest absolute Gasteiger partial charge is 0.179 e. The lowest BCUT2D eigenvalue weighted by molar-refractivity contribution is -0.115. The number of carbonyl (C=O) groups is 1. The van der Waals surface area contributed by atoms with E-state index in [-0.39, 0.29) is 5.78 Å². The Hall–Kier alpha value is -4.05. The molecule has 0 bridgehead atoms. The molecule has 3 aromatic carbocycles. The third-order valence-corrected chi connectivity index (χ3v) is 5.72. The van der Waals surface area contributed by atoms with Crippen LogP contribution in [0.25, 0.3) is 16.5 Å². The van der Waals surface area contributed by atoms with Gasteiger partial charge in [0, 0.05) is 23.7 Å². The zero-order valence-corrected chi connectivity index (χ0v) is 17.7. The Morgan fingerprint density at radius 1 is 0.969 bits per heavy atom. The monoisotopic (exact) mass is 421 g/mol. The maximum absolute atomic E-state index is 13.5. The van der Waals surface area contributed by atoms with Gasteiger partial charge in [0.2, 0.25) is 0 Å². The van der Waals surface area contributed by atoms with Crippen LogP contribution in [0.5, 0.6) is 5.75 Å². The van der Waals surface area contributed by atoms with Crippen LogP contribution in [-0.4, -0.2) is 12.9 Å². The van der Waals surface area contributed by atoms with Crippen molar-refractivity contribution in [1.82, 2.24) is 5.32 Å². The fourth-order valence-electron chi connectivity index (χ4n) is 4.03. The van der Waals surface area contributed by atoms with Crippen LogP contribution in [0.4, 0.5) is 0 Å². The number of nitrogens with one attached hydrogen (secondary N) is 1. The number of Topliss-reactive ketones (excluding diaryl/α,β-unsaturated/α-hetero) is 1. The maximum Gasteiger partial charge on any atom is 0.179 e. The lowest BCUT2D eigenvalue weighted by Crippen LogP contribution is -2.12. The summed E-state index contributed by atoms with van der Waals surface area (Å²) in [6.45, 7) is 0.609. The van der Waals surface area contributed by atoms with Gasteiger partial charge in [0.1, 0.15) is 17.1 Å². The molecule has 4 nitrogen and oxygen atoms in total. The number of furan rings is 1. The van der Waals surface area contributed by atoms with Gasteiger partial charge in [-0.25, -0.2) is 0 Å². The van der Waals surface area contributed by atoms with Gasteiger partial charge < -0.3 is 14.5 Å². The molecule has 32 heavy (non-hydrogen) atoms. The molecule has 1 unspecified atom stereocenters. The number of fused-ring (bicyclic) bond motifs is 1. The third-order valence-electron chi connectivity index (χ3n) is 5.72. The number of hydrogen-bond donors (Lipinski definition) is 1. The molecule has 5 rings (SSSR count). The van der Waals surface area contributed by atoms with Crippen LogP contribution in [-0.2, 0) is 11.3 Å². The highest BCUT2D eigenvalue weighted by Crippen LogP contribution is 2.40. The van der Waals surface area contributed by atoms with Crippen molar-refractivity contribution in [1.29, 1.82) is 0 Å². The van der Waals surface area contributed by atoms with Crippen LogP contribution in [0, 0.1) is 0 Å². The molecule has 0 amide bonds. The minimum Gasteiger partial charge on any atom is -0.497 e. The number of para-hydroxylation sites is 1. The van der Waals surface area contributed by atoms with E-state index in [1.807, 2.05) is 97.2 Å². The number of carbonyl (C=O) groups excluding carboxylic acids is 1. The summed E-state index contributed by atoms with van der Waals surface area (Å²) in [6, 6.07) is 27.7. The van der Waals surface area contributed by atoms with E-state index < -0.39 is 5.92 Å². The molecule has 1 N–H and O–H groups in total. The summed E-state index contributed by atoms with van der Waals surface area (Å²) in [5.41, 5.74) is 4.49. The van der Waals surface area contributed by atoms with E-state index in [0.29, 0.717) is 17.9 Å². The van der Waals surface area contributed by atoms with Crippen molar-refractivity contribution >= 4 is 22.3 Å². The van der Waals surface area contributed by atoms with Gasteiger partial charge in [-0.15, -0.1) is 0 Å². The molecule has 1 heterocycles. The first-order valence-electron chi connectivity index (χ1n) is 10.6. The van der Waals surface area contributed by atoms with Crippen molar-refractivity contribution in [2.75, 3.05) is 7.11 Å². The minimum absolute atomic E-state index is 0.0325. The maximum atomic E-state index is 13.5. The van der Waals surface area contributed by atoms with Gasteiger partial charge in [0.05, 0.1) is 13.0 Å². The number of benzene rings is 3. The molecular weight excluding hydrogens is 398 g/mol. The van der Waals surface area contributed by atoms with Gasteiger partial charge in [0.25, 0.3) is 0 Å². The fourth-order valence-corrected chi connectivity index (χ4v) is 4.03. The van der Waals surface area contributed by atoms with Gasteiger partial charge in [-0.05, 0) is 41.0 Å². The van der Waals surface area contributed by atoms with Crippen LogP contribution < -0.4 is 10.1 Å². The lowest BCUT2D eigenvalue weighted by atomic mass is 10.00. The molecule has 0 radical (unpaired) electrons. The molecule has 0 saturated heterocycles. The second-order valence-electron chi connectivity index (χ2n) is 7.76. The molecule has 158 valence electrons. The highest BCUT2D eigenvalue weighted by molar-refractivity contribution is 6.18.